The van der Waals surface area contributed by atoms with E-state index in [2.05, 4.69) is 15.2 Å². The van der Waals surface area contributed by atoms with Crippen LogP contribution in [0.1, 0.15) is 26.3 Å². The molecular formula is C28H36FN6O7PS. The summed E-state index contributed by atoms with van der Waals surface area (Å²) in [6, 6.07) is 9.76. The third-order valence-corrected chi connectivity index (χ3v) is 10.2. The SMILES string of the molecule is CC(C)(CO)C(=O)SCCOP(=O)(NCc1ccccc1)OCC1OC(C#N)(C2C=CC=C3C(N)=NC=NN32)C(C)(F)C1O. The van der Waals surface area contributed by atoms with Gasteiger partial charge in [-0.1, -0.05) is 54.2 Å². The number of nitrogens with zero attached hydrogens (tertiary/aromatic N) is 4. The van der Waals surface area contributed by atoms with Crippen LogP contribution in [0.4, 0.5) is 4.39 Å². The van der Waals surface area contributed by atoms with E-state index < -0.39 is 49.3 Å². The number of alkyl halides is 1. The van der Waals surface area contributed by atoms with Crippen LogP contribution in [0.2, 0.25) is 0 Å². The summed E-state index contributed by atoms with van der Waals surface area (Å²) in [5.41, 5.74) is 1.16. The number of nitrogens with one attached hydrogen (secondary N) is 1. The van der Waals surface area contributed by atoms with Crippen LogP contribution < -0.4 is 10.8 Å². The van der Waals surface area contributed by atoms with E-state index in [1.165, 1.54) is 11.1 Å². The Morgan fingerprint density at radius 2 is 2.09 bits per heavy atom. The highest BCUT2D eigenvalue weighted by Crippen LogP contribution is 2.50. The first-order valence-electron chi connectivity index (χ1n) is 13.8. The van der Waals surface area contributed by atoms with Gasteiger partial charge in [-0.15, -0.1) is 0 Å². The predicted octanol–water partition coefficient (Wildman–Crippen LogP) is 2.38. The lowest BCUT2D eigenvalue weighted by atomic mass is 9.77. The van der Waals surface area contributed by atoms with Gasteiger partial charge in [0.1, 0.15) is 36.4 Å². The van der Waals surface area contributed by atoms with Crippen LogP contribution in [0.3, 0.4) is 0 Å². The number of rotatable bonds is 13. The van der Waals surface area contributed by atoms with Crippen molar-refractivity contribution >= 4 is 36.8 Å². The summed E-state index contributed by atoms with van der Waals surface area (Å²) in [5.74, 6) is 0.210. The van der Waals surface area contributed by atoms with Gasteiger partial charge in [0.05, 0.1) is 25.2 Å². The Morgan fingerprint density at radius 3 is 2.77 bits per heavy atom. The number of benzene rings is 1. The third-order valence-electron chi connectivity index (χ3n) is 7.50. The smallest absolute Gasteiger partial charge is 0.395 e. The second-order valence-corrected chi connectivity index (χ2v) is 14.0. The van der Waals surface area contributed by atoms with Gasteiger partial charge in [-0.2, -0.15) is 10.4 Å². The van der Waals surface area contributed by atoms with Crippen molar-refractivity contribution < 1.29 is 37.7 Å². The highest BCUT2D eigenvalue weighted by molar-refractivity contribution is 8.13. The molecule has 0 bridgehead atoms. The van der Waals surface area contributed by atoms with E-state index in [9.17, 15) is 24.8 Å². The summed E-state index contributed by atoms with van der Waals surface area (Å²) in [6.07, 6.45) is 2.51. The fourth-order valence-corrected chi connectivity index (χ4v) is 6.96. The van der Waals surface area contributed by atoms with Gasteiger partial charge in [-0.25, -0.2) is 24.0 Å². The molecule has 6 atom stereocenters. The van der Waals surface area contributed by atoms with E-state index in [0.29, 0.717) is 5.70 Å². The molecule has 0 aliphatic carbocycles. The number of hydrazone groups is 1. The van der Waals surface area contributed by atoms with E-state index >= 15 is 4.39 Å². The van der Waals surface area contributed by atoms with E-state index in [4.69, 9.17) is 19.5 Å². The zero-order valence-electron chi connectivity index (χ0n) is 24.5. The molecule has 3 heterocycles. The van der Waals surface area contributed by atoms with Gasteiger partial charge in [0, 0.05) is 12.3 Å². The molecule has 1 saturated heterocycles. The molecule has 6 unspecified atom stereocenters. The predicted molar refractivity (Wildman–Crippen MR) is 163 cm³/mol. The number of ether oxygens (including phenoxy) is 1. The van der Waals surface area contributed by atoms with Gasteiger partial charge in [-0.05, 0) is 32.4 Å². The number of aliphatic hydroxyl groups is 2. The number of halogens is 1. The van der Waals surface area contributed by atoms with Gasteiger partial charge in [0.15, 0.2) is 16.6 Å². The number of allylic oxidation sites excluding steroid dienone is 2. The quantitative estimate of drug-likeness (QED) is 0.180. The number of aliphatic imine (C=N–C) groups is 1. The molecule has 44 heavy (non-hydrogen) atoms. The van der Waals surface area contributed by atoms with Crippen LogP contribution >= 0.6 is 19.5 Å². The topological polar surface area (TPSA) is 192 Å². The summed E-state index contributed by atoms with van der Waals surface area (Å²) in [4.78, 5) is 16.3. The first-order valence-corrected chi connectivity index (χ1v) is 16.3. The first-order chi connectivity index (χ1) is 20.8. The van der Waals surface area contributed by atoms with Crippen molar-refractivity contribution in [2.24, 2.45) is 21.2 Å². The number of fused-ring (bicyclic) bond motifs is 1. The van der Waals surface area contributed by atoms with Crippen LogP contribution in [0.25, 0.3) is 0 Å². The van der Waals surface area contributed by atoms with Crippen LogP contribution in [-0.4, -0.2) is 87.6 Å². The Balaban J connectivity index is 1.49. The molecule has 1 fully saturated rings. The molecule has 238 valence electrons. The van der Waals surface area contributed by atoms with Gasteiger partial charge >= 0.3 is 7.75 Å². The van der Waals surface area contributed by atoms with Crippen LogP contribution in [0.5, 0.6) is 0 Å². The molecule has 1 aromatic rings. The molecule has 4 rings (SSSR count). The average Bonchev–Trinajstić information content (AvgIpc) is 3.22. The van der Waals surface area contributed by atoms with Crippen LogP contribution in [0.15, 0.2) is 64.4 Å². The molecule has 0 aromatic heterocycles. The molecule has 0 amide bonds. The van der Waals surface area contributed by atoms with E-state index in [0.717, 1.165) is 30.6 Å². The number of carbonyl (C=O) groups excluding carboxylic acids is 1. The largest absolute Gasteiger partial charge is 0.405 e. The van der Waals surface area contributed by atoms with Crippen molar-refractivity contribution in [2.45, 2.75) is 56.8 Å². The summed E-state index contributed by atoms with van der Waals surface area (Å²) >= 11 is 0.911. The molecule has 5 N–H and O–H groups in total. The molecule has 1 aromatic carbocycles. The standard InChI is InChI=1S/C28H36FN6O7PS/c1-26(2,17-36)25(38)44-13-12-40-43(39,34-14-19-8-5-4-6-9-19)41-15-21-23(37)27(3,29)28(16-30,42-21)22-11-7-10-20-24(31)32-18-33-35(20)22/h4-11,18,21-23,36-37H,12-15,17H2,1-3H3,(H,34,39)(H2,31,32,33). The maximum absolute atomic E-state index is 16.4. The number of amidine groups is 1. The molecule has 0 radical (unpaired) electrons. The fraction of sp³-hybridized carbons (Fsp3) is 0.500. The van der Waals surface area contributed by atoms with E-state index in [-0.39, 0.29) is 36.5 Å². The summed E-state index contributed by atoms with van der Waals surface area (Å²) in [6.45, 7) is 3.21. The van der Waals surface area contributed by atoms with Gasteiger partial charge < -0.3 is 20.7 Å². The average molecular weight is 651 g/mol. The molecule has 3 aliphatic rings. The fourth-order valence-electron chi connectivity index (χ4n) is 4.72. The van der Waals surface area contributed by atoms with Gasteiger partial charge in [-0.3, -0.25) is 13.8 Å². The zero-order chi connectivity index (χ0) is 32.2. The molecule has 0 saturated carbocycles. The van der Waals surface area contributed by atoms with Crippen LogP contribution in [0, 0.1) is 16.7 Å². The van der Waals surface area contributed by atoms with Gasteiger partial charge in [0.25, 0.3) is 0 Å². The van der Waals surface area contributed by atoms with Crippen LogP contribution in [-0.2, 0) is 29.7 Å². The summed E-state index contributed by atoms with van der Waals surface area (Å²) in [5, 5.41) is 38.7. The number of nitriles is 1. The second kappa shape index (κ2) is 13.6. The lowest BCUT2D eigenvalue weighted by Gasteiger charge is -2.43. The Bertz CT molecular complexity index is 1430. The highest BCUT2D eigenvalue weighted by atomic mass is 32.2. The summed E-state index contributed by atoms with van der Waals surface area (Å²) < 4.78 is 47.4. The molecule has 16 heteroatoms. The number of carbonyl (C=O) groups is 1. The van der Waals surface area contributed by atoms with Crippen molar-refractivity contribution in [1.29, 1.82) is 5.26 Å². The van der Waals surface area contributed by atoms with Crippen molar-refractivity contribution in [2.75, 3.05) is 25.6 Å². The normalized spacial score (nSPS) is 29.4. The van der Waals surface area contributed by atoms with E-state index in [1.807, 2.05) is 12.1 Å². The maximum Gasteiger partial charge on any atom is 0.405 e. The number of aliphatic hydroxyl groups excluding tert-OH is 2. The first kappa shape index (κ1) is 34.0. The Morgan fingerprint density at radius 1 is 1.36 bits per heavy atom. The Labute approximate surface area is 259 Å². The monoisotopic (exact) mass is 650 g/mol. The minimum absolute atomic E-state index is 0.0801. The highest BCUT2D eigenvalue weighted by Gasteiger charge is 2.69. The minimum Gasteiger partial charge on any atom is -0.395 e. The van der Waals surface area contributed by atoms with Crippen molar-refractivity contribution in [3.63, 3.8) is 0 Å². The van der Waals surface area contributed by atoms with Crippen molar-refractivity contribution in [1.82, 2.24) is 10.1 Å². The van der Waals surface area contributed by atoms with Gasteiger partial charge in [0.2, 0.25) is 5.60 Å². The number of hydrogen-bond donors (Lipinski definition) is 4. The molecule has 3 aliphatic heterocycles. The lowest BCUT2D eigenvalue weighted by molar-refractivity contribution is -0.119. The summed E-state index contributed by atoms with van der Waals surface area (Å²) in [7, 11) is -4.14. The Hall–Kier alpha value is -2.93. The lowest BCUT2D eigenvalue weighted by Crippen LogP contribution is -2.62. The molecule has 0 spiro atoms. The van der Waals surface area contributed by atoms with E-state index in [1.54, 1.807) is 50.3 Å². The zero-order valence-corrected chi connectivity index (χ0v) is 26.2. The van der Waals surface area contributed by atoms with Crippen molar-refractivity contribution in [3.05, 3.63) is 59.8 Å². The number of thioether (sulfide) groups is 1. The number of nitrogens with two attached hydrogens (primary N) is 1. The van der Waals surface area contributed by atoms with Crippen molar-refractivity contribution in [3.8, 4) is 6.07 Å². The number of hydrogen-bond acceptors (Lipinski definition) is 13. The Kier molecular flexibility index (Phi) is 10.5. The second-order valence-electron chi connectivity index (χ2n) is 11.1. The maximum atomic E-state index is 16.4. The third kappa shape index (κ3) is 6.83. The molecular weight excluding hydrogens is 614 g/mol. The molecule has 13 nitrogen and oxygen atoms in total. The minimum atomic E-state index is -4.14.